The minimum absolute atomic E-state index is 0.0905. The SMILES string of the molecule is CC(NCc1ccc(F)cc1C(N)=NO)c1ccc(Cl)s1. The molecule has 0 aliphatic heterocycles. The van der Waals surface area contributed by atoms with E-state index in [0.717, 1.165) is 14.8 Å². The smallest absolute Gasteiger partial charge is 0.170 e. The van der Waals surface area contributed by atoms with E-state index in [1.807, 2.05) is 19.1 Å². The Balaban J connectivity index is 2.13. The maximum Gasteiger partial charge on any atom is 0.170 e. The highest BCUT2D eigenvalue weighted by molar-refractivity contribution is 7.16. The number of nitrogens with one attached hydrogen (secondary N) is 1. The first kappa shape index (κ1) is 15.8. The van der Waals surface area contributed by atoms with Gasteiger partial charge in [-0.15, -0.1) is 11.3 Å². The van der Waals surface area contributed by atoms with Crippen LogP contribution in [-0.2, 0) is 6.54 Å². The summed E-state index contributed by atoms with van der Waals surface area (Å²) < 4.78 is 14.0. The highest BCUT2D eigenvalue weighted by Crippen LogP contribution is 2.27. The number of thiophene rings is 1. The van der Waals surface area contributed by atoms with E-state index in [4.69, 9.17) is 22.5 Å². The Morgan fingerprint density at radius 3 is 2.86 bits per heavy atom. The summed E-state index contributed by atoms with van der Waals surface area (Å²) in [5, 5.41) is 15.0. The molecule has 1 atom stereocenters. The molecule has 1 heterocycles. The Morgan fingerprint density at radius 2 is 2.24 bits per heavy atom. The van der Waals surface area contributed by atoms with Gasteiger partial charge in [-0.2, -0.15) is 0 Å². The zero-order valence-corrected chi connectivity index (χ0v) is 12.9. The summed E-state index contributed by atoms with van der Waals surface area (Å²) in [6.45, 7) is 2.47. The number of halogens is 2. The first-order chi connectivity index (χ1) is 10.0. The van der Waals surface area contributed by atoms with Crippen molar-refractivity contribution in [2.75, 3.05) is 0 Å². The largest absolute Gasteiger partial charge is 0.409 e. The van der Waals surface area contributed by atoms with E-state index in [0.29, 0.717) is 12.1 Å². The van der Waals surface area contributed by atoms with Gasteiger partial charge in [0, 0.05) is 23.0 Å². The third kappa shape index (κ3) is 3.93. The van der Waals surface area contributed by atoms with Crippen LogP contribution in [0.4, 0.5) is 4.39 Å². The van der Waals surface area contributed by atoms with Crippen molar-refractivity contribution in [1.82, 2.24) is 5.32 Å². The van der Waals surface area contributed by atoms with Gasteiger partial charge in [-0.05, 0) is 36.8 Å². The van der Waals surface area contributed by atoms with E-state index in [9.17, 15) is 4.39 Å². The normalized spacial score (nSPS) is 13.4. The van der Waals surface area contributed by atoms with Gasteiger partial charge in [0.05, 0.1) is 4.34 Å². The molecule has 2 rings (SSSR count). The van der Waals surface area contributed by atoms with Crippen LogP contribution in [0.15, 0.2) is 35.5 Å². The number of nitrogens with zero attached hydrogens (tertiary/aromatic N) is 1. The predicted molar refractivity (Wildman–Crippen MR) is 83.5 cm³/mol. The van der Waals surface area contributed by atoms with Gasteiger partial charge in [0.1, 0.15) is 5.82 Å². The molecule has 0 radical (unpaired) electrons. The van der Waals surface area contributed by atoms with E-state index >= 15 is 0 Å². The average Bonchev–Trinajstić information content (AvgIpc) is 2.91. The summed E-state index contributed by atoms with van der Waals surface area (Å²) in [5.41, 5.74) is 6.70. The van der Waals surface area contributed by atoms with Crippen molar-refractivity contribution in [3.05, 3.63) is 56.5 Å². The number of hydrogen-bond donors (Lipinski definition) is 3. The Morgan fingerprint density at radius 1 is 1.48 bits per heavy atom. The number of benzene rings is 1. The molecule has 4 N–H and O–H groups in total. The Hall–Kier alpha value is -1.63. The molecule has 112 valence electrons. The van der Waals surface area contributed by atoms with Gasteiger partial charge >= 0.3 is 0 Å². The van der Waals surface area contributed by atoms with Crippen molar-refractivity contribution in [2.45, 2.75) is 19.5 Å². The molecule has 1 aromatic carbocycles. The first-order valence-electron chi connectivity index (χ1n) is 6.26. The van der Waals surface area contributed by atoms with E-state index in [1.165, 1.54) is 23.5 Å². The standard InChI is InChI=1S/C14H15ClFN3OS/c1-8(12-4-5-13(15)21-12)18-7-9-2-3-10(16)6-11(9)14(17)19-20/h2-6,8,18,20H,7H2,1H3,(H2,17,19). The molecule has 0 amide bonds. The number of rotatable bonds is 5. The minimum Gasteiger partial charge on any atom is -0.409 e. The second-order valence-corrected chi connectivity index (χ2v) is 6.28. The van der Waals surface area contributed by atoms with Crippen molar-refractivity contribution >= 4 is 28.8 Å². The molecular weight excluding hydrogens is 313 g/mol. The lowest BCUT2D eigenvalue weighted by Gasteiger charge is -2.14. The summed E-state index contributed by atoms with van der Waals surface area (Å²) in [4.78, 5) is 1.10. The molecule has 0 spiro atoms. The van der Waals surface area contributed by atoms with Crippen molar-refractivity contribution in [3.63, 3.8) is 0 Å². The zero-order chi connectivity index (χ0) is 15.4. The molecule has 0 aliphatic carbocycles. The third-order valence-electron chi connectivity index (χ3n) is 3.08. The number of oxime groups is 1. The van der Waals surface area contributed by atoms with Crippen molar-refractivity contribution < 1.29 is 9.60 Å². The van der Waals surface area contributed by atoms with E-state index < -0.39 is 5.82 Å². The summed E-state index contributed by atoms with van der Waals surface area (Å²) in [5.74, 6) is -0.545. The molecule has 1 aromatic heterocycles. The lowest BCUT2D eigenvalue weighted by molar-refractivity contribution is 0.318. The van der Waals surface area contributed by atoms with Crippen LogP contribution in [0.1, 0.15) is 29.0 Å². The predicted octanol–water partition coefficient (Wildman–Crippen LogP) is 3.49. The molecule has 7 heteroatoms. The van der Waals surface area contributed by atoms with Gasteiger partial charge in [-0.3, -0.25) is 0 Å². The topological polar surface area (TPSA) is 70.6 Å². The quantitative estimate of drug-likeness (QED) is 0.341. The second kappa shape index (κ2) is 6.89. The molecule has 0 saturated heterocycles. The van der Waals surface area contributed by atoms with Crippen LogP contribution in [0, 0.1) is 5.82 Å². The van der Waals surface area contributed by atoms with Gasteiger partial charge < -0.3 is 16.3 Å². The number of nitrogens with two attached hydrogens (primary N) is 1. The molecule has 0 saturated carbocycles. The lowest BCUT2D eigenvalue weighted by Crippen LogP contribution is -2.22. The van der Waals surface area contributed by atoms with Crippen molar-refractivity contribution in [2.24, 2.45) is 10.9 Å². The van der Waals surface area contributed by atoms with E-state index in [2.05, 4.69) is 10.5 Å². The van der Waals surface area contributed by atoms with Gasteiger partial charge in [-0.1, -0.05) is 22.8 Å². The molecular formula is C14H15ClFN3OS. The summed E-state index contributed by atoms with van der Waals surface area (Å²) in [6.07, 6.45) is 0. The molecule has 0 bridgehead atoms. The fourth-order valence-corrected chi connectivity index (χ4v) is 3.01. The Labute approximate surface area is 131 Å². The van der Waals surface area contributed by atoms with Crippen LogP contribution >= 0.6 is 22.9 Å². The number of hydrogen-bond acceptors (Lipinski definition) is 4. The van der Waals surface area contributed by atoms with E-state index in [-0.39, 0.29) is 11.9 Å². The molecule has 4 nitrogen and oxygen atoms in total. The maximum absolute atomic E-state index is 13.3. The Bertz CT molecular complexity index is 659. The highest BCUT2D eigenvalue weighted by Gasteiger charge is 2.12. The zero-order valence-electron chi connectivity index (χ0n) is 11.3. The third-order valence-corrected chi connectivity index (χ3v) is 4.49. The molecule has 0 fully saturated rings. The van der Waals surface area contributed by atoms with Crippen LogP contribution in [0.5, 0.6) is 0 Å². The molecule has 2 aromatic rings. The van der Waals surface area contributed by atoms with E-state index in [1.54, 1.807) is 6.07 Å². The average molecular weight is 328 g/mol. The van der Waals surface area contributed by atoms with Gasteiger partial charge in [0.2, 0.25) is 0 Å². The first-order valence-corrected chi connectivity index (χ1v) is 7.45. The summed E-state index contributed by atoms with van der Waals surface area (Å²) in [6, 6.07) is 8.10. The summed E-state index contributed by atoms with van der Waals surface area (Å²) >= 11 is 7.42. The van der Waals surface area contributed by atoms with Crippen molar-refractivity contribution in [1.29, 1.82) is 0 Å². The maximum atomic E-state index is 13.3. The fraction of sp³-hybridized carbons (Fsp3) is 0.214. The van der Waals surface area contributed by atoms with Crippen LogP contribution in [0.3, 0.4) is 0 Å². The minimum atomic E-state index is -0.432. The fourth-order valence-electron chi connectivity index (χ4n) is 1.92. The van der Waals surface area contributed by atoms with Gasteiger partial charge in [0.15, 0.2) is 5.84 Å². The molecule has 0 aliphatic rings. The van der Waals surface area contributed by atoms with Crippen LogP contribution in [0.25, 0.3) is 0 Å². The monoisotopic (exact) mass is 327 g/mol. The second-order valence-electron chi connectivity index (χ2n) is 4.53. The number of amidine groups is 1. The molecule has 1 unspecified atom stereocenters. The Kier molecular flexibility index (Phi) is 5.17. The van der Waals surface area contributed by atoms with Crippen LogP contribution in [-0.4, -0.2) is 11.0 Å². The molecule has 21 heavy (non-hydrogen) atoms. The van der Waals surface area contributed by atoms with Crippen molar-refractivity contribution in [3.8, 4) is 0 Å². The lowest BCUT2D eigenvalue weighted by atomic mass is 10.1. The summed E-state index contributed by atoms with van der Waals surface area (Å²) in [7, 11) is 0. The highest BCUT2D eigenvalue weighted by atomic mass is 35.5. The van der Waals surface area contributed by atoms with Gasteiger partial charge in [-0.25, -0.2) is 4.39 Å². The van der Waals surface area contributed by atoms with Gasteiger partial charge in [0.25, 0.3) is 0 Å². The van der Waals surface area contributed by atoms with Crippen LogP contribution < -0.4 is 11.1 Å². The van der Waals surface area contributed by atoms with Crippen LogP contribution in [0.2, 0.25) is 4.34 Å².